The molecule has 1 unspecified atom stereocenters. The summed E-state index contributed by atoms with van der Waals surface area (Å²) in [7, 11) is 0. The Morgan fingerprint density at radius 2 is 2.06 bits per heavy atom. The molecule has 1 aliphatic heterocycles. The van der Waals surface area contributed by atoms with Gasteiger partial charge in [0.05, 0.1) is 0 Å². The van der Waals surface area contributed by atoms with Crippen LogP contribution in [-0.4, -0.2) is 30.1 Å². The molecule has 1 aromatic carbocycles. The first-order valence-electron chi connectivity index (χ1n) is 7.06. The molecular formula is C16H26N2. The summed E-state index contributed by atoms with van der Waals surface area (Å²) in [5.41, 5.74) is 4.52. The van der Waals surface area contributed by atoms with Crippen LogP contribution < -0.4 is 5.32 Å². The van der Waals surface area contributed by atoms with Crippen LogP contribution in [0.1, 0.15) is 37.0 Å². The van der Waals surface area contributed by atoms with Gasteiger partial charge in [0.2, 0.25) is 0 Å². The van der Waals surface area contributed by atoms with Gasteiger partial charge in [0.1, 0.15) is 0 Å². The summed E-state index contributed by atoms with van der Waals surface area (Å²) in [4.78, 5) is 2.57. The van der Waals surface area contributed by atoms with Gasteiger partial charge in [0.15, 0.2) is 0 Å². The zero-order valence-electron chi connectivity index (χ0n) is 12.2. The third-order valence-electron chi connectivity index (χ3n) is 4.31. The highest BCUT2D eigenvalue weighted by atomic mass is 15.2. The van der Waals surface area contributed by atoms with Crippen LogP contribution in [0.15, 0.2) is 18.2 Å². The summed E-state index contributed by atoms with van der Waals surface area (Å²) in [6.07, 6.45) is 1.19. The van der Waals surface area contributed by atoms with E-state index in [9.17, 15) is 0 Å². The van der Waals surface area contributed by atoms with Gasteiger partial charge in [-0.1, -0.05) is 25.1 Å². The van der Waals surface area contributed by atoms with Crippen molar-refractivity contribution in [3.05, 3.63) is 34.9 Å². The molecule has 1 heterocycles. The topological polar surface area (TPSA) is 15.3 Å². The number of hydrogen-bond donors (Lipinski definition) is 1. The van der Waals surface area contributed by atoms with E-state index in [0.29, 0.717) is 0 Å². The van der Waals surface area contributed by atoms with Crippen LogP contribution in [0, 0.1) is 13.8 Å². The normalized spacial score (nSPS) is 25.3. The number of piperazine rings is 1. The summed E-state index contributed by atoms with van der Waals surface area (Å²) in [6, 6.07) is 6.85. The predicted octanol–water partition coefficient (Wildman–Crippen LogP) is 2.88. The maximum Gasteiger partial charge on any atom is 0.0278 e. The number of rotatable bonds is 3. The Morgan fingerprint density at radius 1 is 1.28 bits per heavy atom. The second-order valence-corrected chi connectivity index (χ2v) is 5.97. The fraction of sp³-hybridized carbons (Fsp3) is 0.625. The molecule has 1 aromatic rings. The highest BCUT2D eigenvalue weighted by Crippen LogP contribution is 2.18. The zero-order chi connectivity index (χ0) is 13.2. The Kier molecular flexibility index (Phi) is 4.08. The second kappa shape index (κ2) is 5.41. The molecule has 1 fully saturated rings. The van der Waals surface area contributed by atoms with E-state index in [1.165, 1.54) is 23.1 Å². The summed E-state index contributed by atoms with van der Waals surface area (Å²) < 4.78 is 0. The first-order valence-corrected chi connectivity index (χ1v) is 7.06. The van der Waals surface area contributed by atoms with Crippen LogP contribution in [0.2, 0.25) is 0 Å². The maximum absolute atomic E-state index is 3.64. The summed E-state index contributed by atoms with van der Waals surface area (Å²) >= 11 is 0. The lowest BCUT2D eigenvalue weighted by Gasteiger charge is -2.41. The average molecular weight is 246 g/mol. The number of nitrogens with one attached hydrogen (secondary N) is 1. The molecule has 1 aliphatic rings. The predicted molar refractivity (Wildman–Crippen MR) is 77.9 cm³/mol. The summed E-state index contributed by atoms with van der Waals surface area (Å²) in [5.74, 6) is 0. The van der Waals surface area contributed by atoms with Crippen molar-refractivity contribution in [1.29, 1.82) is 0 Å². The van der Waals surface area contributed by atoms with Gasteiger partial charge in [-0.3, -0.25) is 4.90 Å². The SMILES string of the molecule is CCC1(C)CN(Cc2ccc(C)c(C)c2)CCN1. The summed E-state index contributed by atoms with van der Waals surface area (Å²) in [6.45, 7) is 13.5. The maximum atomic E-state index is 3.64. The Balaban J connectivity index is 2.02. The van der Waals surface area contributed by atoms with Crippen molar-refractivity contribution in [2.45, 2.75) is 46.2 Å². The van der Waals surface area contributed by atoms with E-state index < -0.39 is 0 Å². The quantitative estimate of drug-likeness (QED) is 0.882. The van der Waals surface area contributed by atoms with E-state index in [1.807, 2.05) is 0 Å². The third kappa shape index (κ3) is 3.12. The molecule has 0 aliphatic carbocycles. The van der Waals surface area contributed by atoms with E-state index >= 15 is 0 Å². The molecule has 0 saturated carbocycles. The number of benzene rings is 1. The van der Waals surface area contributed by atoms with Crippen LogP contribution in [0.4, 0.5) is 0 Å². The molecule has 2 heteroatoms. The molecule has 0 amide bonds. The molecule has 100 valence electrons. The van der Waals surface area contributed by atoms with Gasteiger partial charge in [0, 0.05) is 31.7 Å². The summed E-state index contributed by atoms with van der Waals surface area (Å²) in [5, 5.41) is 3.64. The van der Waals surface area contributed by atoms with Crippen LogP contribution in [0.25, 0.3) is 0 Å². The number of aryl methyl sites for hydroxylation is 2. The zero-order valence-corrected chi connectivity index (χ0v) is 12.2. The van der Waals surface area contributed by atoms with Crippen molar-refractivity contribution >= 4 is 0 Å². The van der Waals surface area contributed by atoms with Gasteiger partial charge in [-0.25, -0.2) is 0 Å². The molecule has 2 nitrogen and oxygen atoms in total. The molecule has 18 heavy (non-hydrogen) atoms. The lowest BCUT2D eigenvalue weighted by Crippen LogP contribution is -2.58. The van der Waals surface area contributed by atoms with Gasteiger partial charge in [-0.2, -0.15) is 0 Å². The van der Waals surface area contributed by atoms with Gasteiger partial charge in [0.25, 0.3) is 0 Å². The Morgan fingerprint density at radius 3 is 2.72 bits per heavy atom. The minimum Gasteiger partial charge on any atom is -0.309 e. The molecule has 0 aromatic heterocycles. The molecular weight excluding hydrogens is 220 g/mol. The van der Waals surface area contributed by atoms with E-state index in [-0.39, 0.29) is 5.54 Å². The molecule has 1 N–H and O–H groups in total. The Labute approximate surface area is 111 Å². The monoisotopic (exact) mass is 246 g/mol. The highest BCUT2D eigenvalue weighted by Gasteiger charge is 2.28. The first-order chi connectivity index (χ1) is 8.52. The fourth-order valence-corrected chi connectivity index (χ4v) is 2.68. The number of hydrogen-bond acceptors (Lipinski definition) is 2. The van der Waals surface area contributed by atoms with Crippen molar-refractivity contribution in [3.63, 3.8) is 0 Å². The Hall–Kier alpha value is -0.860. The van der Waals surface area contributed by atoms with Crippen LogP contribution in [0.3, 0.4) is 0 Å². The minimum atomic E-state index is 0.290. The van der Waals surface area contributed by atoms with Crippen molar-refractivity contribution < 1.29 is 0 Å². The molecule has 0 bridgehead atoms. The first kappa shape index (κ1) is 13.6. The largest absolute Gasteiger partial charge is 0.309 e. The van der Waals surface area contributed by atoms with E-state index in [1.54, 1.807) is 0 Å². The lowest BCUT2D eigenvalue weighted by molar-refractivity contribution is 0.133. The second-order valence-electron chi connectivity index (χ2n) is 5.97. The van der Waals surface area contributed by atoms with Gasteiger partial charge in [-0.15, -0.1) is 0 Å². The molecule has 0 spiro atoms. The third-order valence-corrected chi connectivity index (χ3v) is 4.31. The van der Waals surface area contributed by atoms with Crippen LogP contribution >= 0.6 is 0 Å². The smallest absolute Gasteiger partial charge is 0.0278 e. The molecule has 2 rings (SSSR count). The average Bonchev–Trinajstić information content (AvgIpc) is 2.34. The minimum absolute atomic E-state index is 0.290. The highest BCUT2D eigenvalue weighted by molar-refractivity contribution is 5.29. The molecule has 1 atom stereocenters. The van der Waals surface area contributed by atoms with E-state index in [4.69, 9.17) is 0 Å². The van der Waals surface area contributed by atoms with E-state index in [2.05, 4.69) is 56.1 Å². The van der Waals surface area contributed by atoms with Gasteiger partial charge < -0.3 is 5.32 Å². The van der Waals surface area contributed by atoms with Gasteiger partial charge in [-0.05, 0) is 43.9 Å². The lowest BCUT2D eigenvalue weighted by atomic mass is 9.95. The van der Waals surface area contributed by atoms with Crippen molar-refractivity contribution in [2.24, 2.45) is 0 Å². The van der Waals surface area contributed by atoms with E-state index in [0.717, 1.165) is 26.2 Å². The number of nitrogens with zero attached hydrogens (tertiary/aromatic N) is 1. The molecule has 0 radical (unpaired) electrons. The Bertz CT molecular complexity index is 414. The standard InChI is InChI=1S/C16H26N2/c1-5-16(4)12-18(9-8-17-16)11-15-7-6-13(2)14(3)10-15/h6-7,10,17H,5,8-9,11-12H2,1-4H3. The van der Waals surface area contributed by atoms with Crippen molar-refractivity contribution in [2.75, 3.05) is 19.6 Å². The van der Waals surface area contributed by atoms with Crippen molar-refractivity contribution in [3.8, 4) is 0 Å². The van der Waals surface area contributed by atoms with Crippen LogP contribution in [-0.2, 0) is 6.54 Å². The van der Waals surface area contributed by atoms with Crippen molar-refractivity contribution in [1.82, 2.24) is 10.2 Å². The van der Waals surface area contributed by atoms with Gasteiger partial charge >= 0.3 is 0 Å². The van der Waals surface area contributed by atoms with Crippen LogP contribution in [0.5, 0.6) is 0 Å². The molecule has 1 saturated heterocycles. The fourth-order valence-electron chi connectivity index (χ4n) is 2.68.